The van der Waals surface area contributed by atoms with Gasteiger partial charge in [0.25, 0.3) is 0 Å². The van der Waals surface area contributed by atoms with Crippen molar-refractivity contribution in [1.29, 1.82) is 0 Å². The molecule has 0 amide bonds. The highest BCUT2D eigenvalue weighted by Crippen LogP contribution is 2.34. The fourth-order valence-electron chi connectivity index (χ4n) is 2.29. The molecule has 2 heterocycles. The molecule has 0 unspecified atom stereocenters. The van der Waals surface area contributed by atoms with Crippen LogP contribution in [0.4, 0.5) is 0 Å². The maximum Gasteiger partial charge on any atom is 0.0802 e. The molecule has 0 aliphatic rings. The molecule has 114 valence electrons. The van der Waals surface area contributed by atoms with Gasteiger partial charge in [-0.25, -0.2) is 0 Å². The summed E-state index contributed by atoms with van der Waals surface area (Å²) in [4.78, 5) is 8.88. The summed E-state index contributed by atoms with van der Waals surface area (Å²) in [6.45, 7) is 2.03. The van der Waals surface area contributed by atoms with Gasteiger partial charge in [-0.05, 0) is 56.0 Å². The minimum Gasteiger partial charge on any atom is -0.264 e. The molecule has 4 heteroatoms. The van der Waals surface area contributed by atoms with E-state index < -0.39 is 0 Å². The third-order valence-electron chi connectivity index (χ3n) is 3.40. The van der Waals surface area contributed by atoms with Crippen molar-refractivity contribution in [3.05, 3.63) is 80.6 Å². The van der Waals surface area contributed by atoms with Gasteiger partial charge in [0.2, 0.25) is 0 Å². The Bertz CT molecular complexity index is 858. The lowest BCUT2D eigenvalue weighted by molar-refractivity contribution is 1.23. The number of nitrogens with zero attached hydrogens (tertiary/aromatic N) is 2. The maximum atomic E-state index is 4.59. The Labute approximate surface area is 152 Å². The molecule has 0 saturated heterocycles. The van der Waals surface area contributed by atoms with Crippen LogP contribution in [-0.4, -0.2) is 9.97 Å². The molecule has 0 aliphatic heterocycles. The van der Waals surface area contributed by atoms with Gasteiger partial charge in [0.1, 0.15) is 0 Å². The molecular formula is C19H14Br2N2. The lowest BCUT2D eigenvalue weighted by atomic mass is 10.0. The van der Waals surface area contributed by atoms with Gasteiger partial charge in [0, 0.05) is 34.2 Å². The monoisotopic (exact) mass is 428 g/mol. The molecule has 2 aromatic heterocycles. The van der Waals surface area contributed by atoms with Crippen LogP contribution in [0.1, 0.15) is 16.7 Å². The Kier molecular flexibility index (Phi) is 5.03. The van der Waals surface area contributed by atoms with Gasteiger partial charge in [-0.2, -0.15) is 0 Å². The number of hydrogen-bond donors (Lipinski definition) is 0. The largest absolute Gasteiger partial charge is 0.264 e. The maximum absolute atomic E-state index is 4.59. The number of hydrogen-bond acceptors (Lipinski definition) is 2. The zero-order chi connectivity index (χ0) is 16.2. The number of halogens is 2. The van der Waals surface area contributed by atoms with E-state index in [9.17, 15) is 0 Å². The van der Waals surface area contributed by atoms with E-state index in [-0.39, 0.29) is 0 Å². The summed E-state index contributed by atoms with van der Waals surface area (Å²) in [7, 11) is 0. The summed E-state index contributed by atoms with van der Waals surface area (Å²) in [6.07, 6.45) is 9.66. The Morgan fingerprint density at radius 1 is 0.957 bits per heavy atom. The van der Waals surface area contributed by atoms with Crippen molar-refractivity contribution >= 4 is 44.0 Å². The van der Waals surface area contributed by atoms with Gasteiger partial charge < -0.3 is 0 Å². The van der Waals surface area contributed by atoms with Gasteiger partial charge >= 0.3 is 0 Å². The summed E-state index contributed by atoms with van der Waals surface area (Å²) < 4.78 is 1.91. The number of aromatic nitrogens is 2. The van der Waals surface area contributed by atoms with Crippen LogP contribution in [0.5, 0.6) is 0 Å². The summed E-state index contributed by atoms with van der Waals surface area (Å²) in [6, 6.07) is 12.3. The zero-order valence-corrected chi connectivity index (χ0v) is 15.7. The van der Waals surface area contributed by atoms with E-state index in [1.807, 2.05) is 43.7 Å². The smallest absolute Gasteiger partial charge is 0.0802 e. The van der Waals surface area contributed by atoms with E-state index in [4.69, 9.17) is 0 Å². The van der Waals surface area contributed by atoms with Crippen LogP contribution in [0.3, 0.4) is 0 Å². The van der Waals surface area contributed by atoms with E-state index in [0.717, 1.165) is 36.9 Å². The summed E-state index contributed by atoms with van der Waals surface area (Å²) in [5.74, 6) is 0. The van der Waals surface area contributed by atoms with Crippen LogP contribution in [0.25, 0.3) is 23.4 Å². The van der Waals surface area contributed by atoms with Crippen molar-refractivity contribution in [3.8, 4) is 11.3 Å². The van der Waals surface area contributed by atoms with Crippen LogP contribution >= 0.6 is 31.9 Å². The highest BCUT2D eigenvalue weighted by Gasteiger charge is 2.11. The first-order chi connectivity index (χ1) is 11.1. The topological polar surface area (TPSA) is 25.8 Å². The summed E-state index contributed by atoms with van der Waals surface area (Å²) in [5.41, 5.74) is 5.19. The van der Waals surface area contributed by atoms with Crippen LogP contribution in [0.15, 0.2) is 63.9 Å². The van der Waals surface area contributed by atoms with Crippen molar-refractivity contribution in [2.45, 2.75) is 6.92 Å². The van der Waals surface area contributed by atoms with Gasteiger partial charge in [-0.3, -0.25) is 9.97 Å². The van der Waals surface area contributed by atoms with Crippen LogP contribution in [0.2, 0.25) is 0 Å². The van der Waals surface area contributed by atoms with Crippen LogP contribution in [-0.2, 0) is 0 Å². The highest BCUT2D eigenvalue weighted by atomic mass is 79.9. The average Bonchev–Trinajstić information content (AvgIpc) is 2.57. The summed E-state index contributed by atoms with van der Waals surface area (Å²) in [5, 5.41) is 0. The molecule has 0 fully saturated rings. The zero-order valence-electron chi connectivity index (χ0n) is 12.5. The molecule has 2 nitrogen and oxygen atoms in total. The molecule has 0 spiro atoms. The predicted molar refractivity (Wildman–Crippen MR) is 103 cm³/mol. The fraction of sp³-hybridized carbons (Fsp3) is 0.0526. The van der Waals surface area contributed by atoms with E-state index in [0.29, 0.717) is 0 Å². The molecule has 3 aromatic rings. The Morgan fingerprint density at radius 3 is 2.48 bits per heavy atom. The number of rotatable bonds is 3. The average molecular weight is 430 g/mol. The van der Waals surface area contributed by atoms with Crippen molar-refractivity contribution in [3.63, 3.8) is 0 Å². The van der Waals surface area contributed by atoms with Gasteiger partial charge in [-0.1, -0.05) is 42.5 Å². The van der Waals surface area contributed by atoms with E-state index in [2.05, 4.69) is 72.2 Å². The van der Waals surface area contributed by atoms with Gasteiger partial charge in [0.05, 0.1) is 10.2 Å². The Morgan fingerprint density at radius 2 is 1.74 bits per heavy atom. The van der Waals surface area contributed by atoms with Gasteiger partial charge in [-0.15, -0.1) is 0 Å². The molecule has 0 aliphatic carbocycles. The SMILES string of the molecule is Cc1cncc(-c2ncc(Br)c(Br)c2/C=C/c2ccccc2)c1. The third-order valence-corrected chi connectivity index (χ3v) is 5.39. The second kappa shape index (κ2) is 7.20. The molecule has 0 bridgehead atoms. The fourth-order valence-corrected chi connectivity index (χ4v) is 3.03. The van der Waals surface area contributed by atoms with Crippen molar-refractivity contribution < 1.29 is 0 Å². The Hall–Kier alpha value is -1.78. The van der Waals surface area contributed by atoms with Crippen LogP contribution in [0, 0.1) is 6.92 Å². The molecule has 0 saturated carbocycles. The molecule has 3 rings (SSSR count). The van der Waals surface area contributed by atoms with E-state index in [1.165, 1.54) is 0 Å². The predicted octanol–water partition coefficient (Wildman–Crippen LogP) is 6.15. The van der Waals surface area contributed by atoms with E-state index >= 15 is 0 Å². The van der Waals surface area contributed by atoms with Gasteiger partial charge in [0.15, 0.2) is 0 Å². The molecule has 0 N–H and O–H groups in total. The second-order valence-electron chi connectivity index (χ2n) is 5.18. The number of pyridine rings is 2. The molecule has 1 aromatic carbocycles. The van der Waals surface area contributed by atoms with Crippen molar-refractivity contribution in [2.24, 2.45) is 0 Å². The highest BCUT2D eigenvalue weighted by molar-refractivity contribution is 9.13. The molecular weight excluding hydrogens is 416 g/mol. The first kappa shape index (κ1) is 16.1. The minimum atomic E-state index is 0.906. The van der Waals surface area contributed by atoms with Crippen LogP contribution < -0.4 is 0 Å². The summed E-state index contributed by atoms with van der Waals surface area (Å²) >= 11 is 7.20. The lowest BCUT2D eigenvalue weighted by Gasteiger charge is -2.09. The Balaban J connectivity index is 2.11. The normalized spacial score (nSPS) is 11.1. The number of benzene rings is 1. The molecule has 0 atom stereocenters. The first-order valence-electron chi connectivity index (χ1n) is 7.14. The first-order valence-corrected chi connectivity index (χ1v) is 8.73. The van der Waals surface area contributed by atoms with Crippen molar-refractivity contribution in [1.82, 2.24) is 9.97 Å². The van der Waals surface area contributed by atoms with E-state index in [1.54, 1.807) is 0 Å². The second-order valence-corrected chi connectivity index (χ2v) is 6.82. The number of aryl methyl sites for hydroxylation is 1. The lowest BCUT2D eigenvalue weighted by Crippen LogP contribution is -1.92. The standard InChI is InChI=1S/C19H14Br2N2/c1-13-9-15(11-22-10-13)19-16(18(21)17(20)12-23-19)8-7-14-5-3-2-4-6-14/h2-12H,1H3/b8-7+. The molecule has 0 radical (unpaired) electrons. The van der Waals surface area contributed by atoms with Crippen molar-refractivity contribution in [2.75, 3.05) is 0 Å². The third kappa shape index (κ3) is 3.77. The molecule has 23 heavy (non-hydrogen) atoms. The quantitative estimate of drug-likeness (QED) is 0.499. The minimum absolute atomic E-state index is 0.906.